The lowest BCUT2D eigenvalue weighted by Gasteiger charge is -2.17. The Labute approximate surface area is 71.4 Å². The molecule has 0 aromatic rings. The summed E-state index contributed by atoms with van der Waals surface area (Å²) in [4.78, 5) is 0. The maximum atomic E-state index is 2.41. The molecule has 1 saturated carbocycles. The minimum atomic E-state index is 0.652. The second-order valence-electron chi connectivity index (χ2n) is 5.40. The molecule has 0 nitrogen and oxygen atoms in total. The van der Waals surface area contributed by atoms with Gasteiger partial charge in [-0.25, -0.2) is 0 Å². The first-order valence-corrected chi connectivity index (χ1v) is 4.99. The van der Waals surface area contributed by atoms with Crippen LogP contribution in [0.15, 0.2) is 0 Å². The molecule has 1 fully saturated rings. The Bertz CT molecular complexity index is 122. The van der Waals surface area contributed by atoms with Gasteiger partial charge in [-0.05, 0) is 42.9 Å². The van der Waals surface area contributed by atoms with Gasteiger partial charge in [-0.1, -0.05) is 27.7 Å². The van der Waals surface area contributed by atoms with E-state index in [-0.39, 0.29) is 0 Å². The predicted octanol–water partition coefficient (Wildman–Crippen LogP) is 3.86. The van der Waals surface area contributed by atoms with Crippen molar-refractivity contribution in [1.29, 1.82) is 0 Å². The predicted molar refractivity (Wildman–Crippen MR) is 50.6 cm³/mol. The Balaban J connectivity index is 2.31. The lowest BCUT2D eigenvalue weighted by molar-refractivity contribution is 0.338. The molecule has 1 atom stereocenters. The van der Waals surface area contributed by atoms with Crippen molar-refractivity contribution in [3.05, 3.63) is 0 Å². The number of rotatable bonds is 2. The average Bonchev–Trinajstić information content (AvgIpc) is 2.08. The molecule has 0 aromatic heterocycles. The van der Waals surface area contributed by atoms with E-state index in [1.165, 1.54) is 25.7 Å². The van der Waals surface area contributed by atoms with Gasteiger partial charge in [0.15, 0.2) is 0 Å². The highest BCUT2D eigenvalue weighted by atomic mass is 14.4. The summed E-state index contributed by atoms with van der Waals surface area (Å²) in [5, 5.41) is 0. The Morgan fingerprint density at radius 1 is 1.36 bits per heavy atom. The first-order chi connectivity index (χ1) is 4.99. The van der Waals surface area contributed by atoms with Gasteiger partial charge >= 0.3 is 0 Å². The van der Waals surface area contributed by atoms with Gasteiger partial charge in [0.05, 0.1) is 0 Å². The summed E-state index contributed by atoms with van der Waals surface area (Å²) in [6.45, 7) is 9.50. The van der Waals surface area contributed by atoms with Crippen molar-refractivity contribution in [1.82, 2.24) is 0 Å². The molecule has 0 spiro atoms. The highest BCUT2D eigenvalue weighted by molar-refractivity contribution is 4.82. The third kappa shape index (κ3) is 2.84. The zero-order valence-corrected chi connectivity index (χ0v) is 8.48. The number of hydrogen-bond acceptors (Lipinski definition) is 0. The third-order valence-corrected chi connectivity index (χ3v) is 2.88. The molecule has 1 aliphatic carbocycles. The minimum absolute atomic E-state index is 0.652. The van der Waals surface area contributed by atoms with Crippen LogP contribution in [0.25, 0.3) is 0 Å². The molecule has 0 heterocycles. The van der Waals surface area contributed by atoms with Gasteiger partial charge in [0.2, 0.25) is 0 Å². The molecule has 0 aromatic carbocycles. The van der Waals surface area contributed by atoms with Gasteiger partial charge in [0.1, 0.15) is 0 Å². The van der Waals surface area contributed by atoms with Crippen LogP contribution in [-0.2, 0) is 0 Å². The van der Waals surface area contributed by atoms with E-state index in [4.69, 9.17) is 0 Å². The SMILES string of the molecule is CC(C)CC1CCC(C)(C)C1. The Morgan fingerprint density at radius 3 is 2.36 bits per heavy atom. The first kappa shape index (κ1) is 9.09. The molecular weight excluding hydrogens is 132 g/mol. The molecular formula is C11H22. The van der Waals surface area contributed by atoms with Gasteiger partial charge in [0, 0.05) is 0 Å². The van der Waals surface area contributed by atoms with Crippen LogP contribution in [0, 0.1) is 17.3 Å². The van der Waals surface area contributed by atoms with Crippen LogP contribution < -0.4 is 0 Å². The molecule has 0 heteroatoms. The van der Waals surface area contributed by atoms with Gasteiger partial charge in [-0.2, -0.15) is 0 Å². The number of hydrogen-bond donors (Lipinski definition) is 0. The summed E-state index contributed by atoms with van der Waals surface area (Å²) in [7, 11) is 0. The second-order valence-corrected chi connectivity index (χ2v) is 5.40. The van der Waals surface area contributed by atoms with Gasteiger partial charge in [0.25, 0.3) is 0 Å². The van der Waals surface area contributed by atoms with Crippen LogP contribution in [-0.4, -0.2) is 0 Å². The lowest BCUT2D eigenvalue weighted by atomic mass is 9.88. The molecule has 0 radical (unpaired) electrons. The van der Waals surface area contributed by atoms with Gasteiger partial charge < -0.3 is 0 Å². The molecule has 0 amide bonds. The van der Waals surface area contributed by atoms with Crippen LogP contribution in [0.5, 0.6) is 0 Å². The molecule has 1 aliphatic rings. The van der Waals surface area contributed by atoms with Crippen molar-refractivity contribution in [2.45, 2.75) is 53.4 Å². The Kier molecular flexibility index (Phi) is 2.61. The van der Waals surface area contributed by atoms with E-state index in [1.807, 2.05) is 0 Å². The topological polar surface area (TPSA) is 0 Å². The van der Waals surface area contributed by atoms with Crippen LogP contribution >= 0.6 is 0 Å². The summed E-state index contributed by atoms with van der Waals surface area (Å²) >= 11 is 0. The zero-order valence-electron chi connectivity index (χ0n) is 8.48. The maximum absolute atomic E-state index is 2.41. The summed E-state index contributed by atoms with van der Waals surface area (Å²) in [5.74, 6) is 1.93. The average molecular weight is 154 g/mol. The third-order valence-electron chi connectivity index (χ3n) is 2.88. The monoisotopic (exact) mass is 154 g/mol. The fourth-order valence-electron chi connectivity index (χ4n) is 2.45. The second kappa shape index (κ2) is 3.16. The van der Waals surface area contributed by atoms with E-state index in [0.717, 1.165) is 11.8 Å². The summed E-state index contributed by atoms with van der Waals surface area (Å²) in [5.41, 5.74) is 0.652. The molecule has 0 N–H and O–H groups in total. The quantitative estimate of drug-likeness (QED) is 0.566. The van der Waals surface area contributed by atoms with Gasteiger partial charge in [-0.15, -0.1) is 0 Å². The van der Waals surface area contributed by atoms with Crippen molar-refractivity contribution in [3.63, 3.8) is 0 Å². The minimum Gasteiger partial charge on any atom is -0.0628 e. The smallest absolute Gasteiger partial charge is 0.0351 e. The fourth-order valence-corrected chi connectivity index (χ4v) is 2.45. The van der Waals surface area contributed by atoms with Crippen molar-refractivity contribution in [2.75, 3.05) is 0 Å². The summed E-state index contributed by atoms with van der Waals surface area (Å²) < 4.78 is 0. The van der Waals surface area contributed by atoms with Crippen molar-refractivity contribution in [2.24, 2.45) is 17.3 Å². The normalized spacial score (nSPS) is 29.7. The molecule has 0 saturated heterocycles. The Morgan fingerprint density at radius 2 is 2.00 bits per heavy atom. The molecule has 11 heavy (non-hydrogen) atoms. The highest BCUT2D eigenvalue weighted by Gasteiger charge is 2.30. The van der Waals surface area contributed by atoms with E-state index in [9.17, 15) is 0 Å². The molecule has 0 bridgehead atoms. The Hall–Kier alpha value is 0. The molecule has 66 valence electrons. The largest absolute Gasteiger partial charge is 0.0628 e. The summed E-state index contributed by atoms with van der Waals surface area (Å²) in [6.07, 6.45) is 5.84. The fraction of sp³-hybridized carbons (Fsp3) is 1.00. The zero-order chi connectivity index (χ0) is 8.48. The van der Waals surface area contributed by atoms with Crippen molar-refractivity contribution in [3.8, 4) is 0 Å². The van der Waals surface area contributed by atoms with Crippen molar-refractivity contribution < 1.29 is 0 Å². The van der Waals surface area contributed by atoms with E-state index >= 15 is 0 Å². The molecule has 0 aliphatic heterocycles. The highest BCUT2D eigenvalue weighted by Crippen LogP contribution is 2.43. The van der Waals surface area contributed by atoms with Crippen LogP contribution in [0.2, 0.25) is 0 Å². The molecule has 1 unspecified atom stereocenters. The van der Waals surface area contributed by atoms with Gasteiger partial charge in [-0.3, -0.25) is 0 Å². The first-order valence-electron chi connectivity index (χ1n) is 4.99. The van der Waals surface area contributed by atoms with E-state index in [2.05, 4.69) is 27.7 Å². The maximum Gasteiger partial charge on any atom is -0.0351 e. The van der Waals surface area contributed by atoms with E-state index in [1.54, 1.807) is 0 Å². The van der Waals surface area contributed by atoms with Crippen LogP contribution in [0.3, 0.4) is 0 Å². The van der Waals surface area contributed by atoms with E-state index in [0.29, 0.717) is 5.41 Å². The molecule has 1 rings (SSSR count). The van der Waals surface area contributed by atoms with Crippen LogP contribution in [0.1, 0.15) is 53.4 Å². The van der Waals surface area contributed by atoms with Crippen LogP contribution in [0.4, 0.5) is 0 Å². The van der Waals surface area contributed by atoms with Crippen molar-refractivity contribution >= 4 is 0 Å². The standard InChI is InChI=1S/C11H22/c1-9(2)7-10-5-6-11(3,4)8-10/h9-10H,5-8H2,1-4H3. The lowest BCUT2D eigenvalue weighted by Crippen LogP contribution is -2.06. The summed E-state index contributed by atoms with van der Waals surface area (Å²) in [6, 6.07) is 0. The van der Waals surface area contributed by atoms with E-state index < -0.39 is 0 Å².